The van der Waals surface area contributed by atoms with E-state index in [0.29, 0.717) is 0 Å². The lowest BCUT2D eigenvalue weighted by atomic mass is 10.1. The largest absolute Gasteiger partial charge is 0.326 e. The van der Waals surface area contributed by atoms with Gasteiger partial charge in [0.05, 0.1) is 0 Å². The van der Waals surface area contributed by atoms with Gasteiger partial charge in [0.15, 0.2) is 0 Å². The highest BCUT2D eigenvalue weighted by atomic mass is 16.2. The zero-order valence-corrected chi connectivity index (χ0v) is 11.8. The van der Waals surface area contributed by atoms with E-state index >= 15 is 0 Å². The van der Waals surface area contributed by atoms with Crippen molar-refractivity contribution in [3.8, 4) is 0 Å². The Morgan fingerprint density at radius 2 is 1.90 bits per heavy atom. The number of carbonyl (C=O) groups excluding carboxylic acids is 1. The van der Waals surface area contributed by atoms with E-state index in [1.807, 2.05) is 42.2 Å². The van der Waals surface area contributed by atoms with Gasteiger partial charge >= 0.3 is 6.03 Å². The van der Waals surface area contributed by atoms with Crippen LogP contribution in [-0.4, -0.2) is 12.6 Å². The van der Waals surface area contributed by atoms with Gasteiger partial charge in [-0.1, -0.05) is 30.3 Å². The highest BCUT2D eigenvalue weighted by Gasteiger charge is 2.24. The predicted octanol–water partition coefficient (Wildman–Crippen LogP) is 3.90. The van der Waals surface area contributed by atoms with Gasteiger partial charge in [-0.3, -0.25) is 4.90 Å². The average Bonchev–Trinajstić information content (AvgIpc) is 2.88. The van der Waals surface area contributed by atoms with Crippen molar-refractivity contribution in [1.82, 2.24) is 0 Å². The number of carbonyl (C=O) groups is 1. The molecule has 1 aliphatic heterocycles. The number of hydrogen-bond acceptors (Lipinski definition) is 1. The van der Waals surface area contributed by atoms with Gasteiger partial charge in [-0.25, -0.2) is 4.79 Å². The molecule has 1 heterocycles. The lowest BCUT2D eigenvalue weighted by Gasteiger charge is -2.19. The summed E-state index contributed by atoms with van der Waals surface area (Å²) in [5.74, 6) is 0. The summed E-state index contributed by atoms with van der Waals surface area (Å²) in [6.07, 6.45) is 0.927. The second kappa shape index (κ2) is 5.00. The molecule has 0 aliphatic carbocycles. The molecule has 0 bridgehead atoms. The predicted molar refractivity (Wildman–Crippen MR) is 82.4 cm³/mol. The molecule has 0 saturated carbocycles. The number of amides is 2. The second-order valence-electron chi connectivity index (χ2n) is 5.21. The number of fused-ring (bicyclic) bond motifs is 1. The Morgan fingerprint density at radius 1 is 1.10 bits per heavy atom. The first-order valence-corrected chi connectivity index (χ1v) is 6.89. The third-order valence-electron chi connectivity index (χ3n) is 3.98. The quantitative estimate of drug-likeness (QED) is 0.834. The van der Waals surface area contributed by atoms with Crippen LogP contribution in [0.1, 0.15) is 16.7 Å². The van der Waals surface area contributed by atoms with Crippen molar-refractivity contribution in [2.45, 2.75) is 20.3 Å². The van der Waals surface area contributed by atoms with Crippen molar-refractivity contribution >= 4 is 17.4 Å². The zero-order chi connectivity index (χ0) is 14.1. The molecule has 20 heavy (non-hydrogen) atoms. The van der Waals surface area contributed by atoms with Crippen molar-refractivity contribution in [3.63, 3.8) is 0 Å². The fourth-order valence-electron chi connectivity index (χ4n) is 2.62. The number of aryl methyl sites for hydroxylation is 1. The highest BCUT2D eigenvalue weighted by molar-refractivity contribution is 6.03. The van der Waals surface area contributed by atoms with Crippen LogP contribution in [0.25, 0.3) is 0 Å². The van der Waals surface area contributed by atoms with Crippen molar-refractivity contribution in [2.24, 2.45) is 0 Å². The molecule has 0 radical (unpaired) electrons. The van der Waals surface area contributed by atoms with Gasteiger partial charge in [0.2, 0.25) is 0 Å². The van der Waals surface area contributed by atoms with E-state index in [4.69, 9.17) is 0 Å². The Balaban J connectivity index is 1.83. The van der Waals surface area contributed by atoms with Crippen molar-refractivity contribution in [1.29, 1.82) is 0 Å². The molecule has 0 fully saturated rings. The van der Waals surface area contributed by atoms with Gasteiger partial charge in [-0.05, 0) is 49.1 Å². The summed E-state index contributed by atoms with van der Waals surface area (Å²) < 4.78 is 0. The molecule has 0 unspecified atom stereocenters. The minimum atomic E-state index is -0.0522. The third-order valence-corrected chi connectivity index (χ3v) is 3.98. The average molecular weight is 266 g/mol. The molecule has 0 saturated heterocycles. The molecule has 102 valence electrons. The molecular formula is C17H18N2O. The van der Waals surface area contributed by atoms with E-state index in [9.17, 15) is 4.79 Å². The van der Waals surface area contributed by atoms with Crippen molar-refractivity contribution in [2.75, 3.05) is 16.8 Å². The number of urea groups is 1. The first-order valence-electron chi connectivity index (χ1n) is 6.89. The van der Waals surface area contributed by atoms with Crippen LogP contribution >= 0.6 is 0 Å². The Morgan fingerprint density at radius 3 is 2.75 bits per heavy atom. The standard InChI is InChI=1S/C17H18N2O/c1-12-6-5-8-15(13(12)2)18-17(20)19-11-10-14-7-3-4-9-16(14)19/h3-9H,10-11H2,1-2H3,(H,18,20). The Bertz CT molecular complexity index is 664. The van der Waals surface area contributed by atoms with Gasteiger partial charge in [0.1, 0.15) is 0 Å². The molecule has 3 nitrogen and oxygen atoms in total. The monoisotopic (exact) mass is 266 g/mol. The van der Waals surface area contributed by atoms with Crippen LogP contribution in [0.3, 0.4) is 0 Å². The summed E-state index contributed by atoms with van der Waals surface area (Å²) in [6.45, 7) is 4.83. The Hall–Kier alpha value is -2.29. The van der Waals surface area contributed by atoms with Crippen LogP contribution in [0.2, 0.25) is 0 Å². The van der Waals surface area contributed by atoms with E-state index in [2.05, 4.69) is 24.4 Å². The van der Waals surface area contributed by atoms with Gasteiger partial charge in [0.25, 0.3) is 0 Å². The number of hydrogen-bond donors (Lipinski definition) is 1. The first kappa shape index (κ1) is 12.7. The van der Waals surface area contributed by atoms with Crippen molar-refractivity contribution < 1.29 is 4.79 Å². The molecular weight excluding hydrogens is 248 g/mol. The molecule has 2 amide bonds. The van der Waals surface area contributed by atoms with Gasteiger partial charge in [0, 0.05) is 17.9 Å². The summed E-state index contributed by atoms with van der Waals surface area (Å²) >= 11 is 0. The zero-order valence-electron chi connectivity index (χ0n) is 11.8. The number of benzene rings is 2. The molecule has 1 N–H and O–H groups in total. The number of rotatable bonds is 1. The maximum atomic E-state index is 12.5. The van der Waals surface area contributed by atoms with Crippen LogP contribution in [0, 0.1) is 13.8 Å². The lowest BCUT2D eigenvalue weighted by Crippen LogP contribution is -2.33. The number of anilines is 2. The Labute approximate surface area is 119 Å². The smallest absolute Gasteiger partial charge is 0.307 e. The summed E-state index contributed by atoms with van der Waals surface area (Å²) in [6, 6.07) is 14.0. The summed E-state index contributed by atoms with van der Waals surface area (Å²) in [4.78, 5) is 14.3. The van der Waals surface area contributed by atoms with Crippen LogP contribution in [0.4, 0.5) is 16.2 Å². The van der Waals surface area contributed by atoms with Gasteiger partial charge in [-0.15, -0.1) is 0 Å². The SMILES string of the molecule is Cc1cccc(NC(=O)N2CCc3ccccc32)c1C. The van der Waals surface area contributed by atoms with Crippen LogP contribution in [-0.2, 0) is 6.42 Å². The third kappa shape index (κ3) is 2.16. The topological polar surface area (TPSA) is 32.3 Å². The fourth-order valence-corrected chi connectivity index (χ4v) is 2.62. The molecule has 0 aromatic heterocycles. The van der Waals surface area contributed by atoms with Gasteiger partial charge < -0.3 is 5.32 Å². The molecule has 2 aromatic rings. The minimum absolute atomic E-state index is 0.0522. The number of nitrogens with zero attached hydrogens (tertiary/aromatic N) is 1. The molecule has 1 aliphatic rings. The summed E-state index contributed by atoms with van der Waals surface area (Å²) in [5, 5.41) is 3.02. The normalized spacial score (nSPS) is 13.2. The molecule has 3 rings (SSSR count). The maximum absolute atomic E-state index is 12.5. The molecule has 0 spiro atoms. The second-order valence-corrected chi connectivity index (χ2v) is 5.21. The number of para-hydroxylation sites is 1. The van der Waals surface area contributed by atoms with E-state index in [-0.39, 0.29) is 6.03 Å². The van der Waals surface area contributed by atoms with Crippen LogP contribution in [0.15, 0.2) is 42.5 Å². The lowest BCUT2D eigenvalue weighted by molar-refractivity contribution is 0.257. The molecule has 2 aromatic carbocycles. The number of nitrogens with one attached hydrogen (secondary N) is 1. The molecule has 3 heteroatoms. The molecule has 0 atom stereocenters. The van der Waals surface area contributed by atoms with Crippen molar-refractivity contribution in [3.05, 3.63) is 59.2 Å². The summed E-state index contributed by atoms with van der Waals surface area (Å²) in [7, 11) is 0. The first-order chi connectivity index (χ1) is 9.66. The van der Waals surface area contributed by atoms with E-state index in [1.165, 1.54) is 11.1 Å². The Kier molecular flexibility index (Phi) is 3.18. The van der Waals surface area contributed by atoms with Gasteiger partial charge in [-0.2, -0.15) is 0 Å². The van der Waals surface area contributed by atoms with E-state index in [1.54, 1.807) is 0 Å². The maximum Gasteiger partial charge on any atom is 0.326 e. The van der Waals surface area contributed by atoms with E-state index < -0.39 is 0 Å². The fraction of sp³-hybridized carbons (Fsp3) is 0.235. The summed E-state index contributed by atoms with van der Waals surface area (Å²) in [5.41, 5.74) is 5.45. The minimum Gasteiger partial charge on any atom is -0.307 e. The van der Waals surface area contributed by atoms with Crippen LogP contribution < -0.4 is 10.2 Å². The highest BCUT2D eigenvalue weighted by Crippen LogP contribution is 2.28. The van der Waals surface area contributed by atoms with Crippen LogP contribution in [0.5, 0.6) is 0 Å². The van der Waals surface area contributed by atoms with E-state index in [0.717, 1.165) is 29.9 Å².